The number of carbonyl (C=O) groups is 1. The molecule has 1 aromatic carbocycles. The number of nitrogens with two attached hydrogens (primary N) is 1. The van der Waals surface area contributed by atoms with E-state index >= 15 is 0 Å². The van der Waals surface area contributed by atoms with Gasteiger partial charge in [0.1, 0.15) is 11.9 Å². The molecule has 3 N–H and O–H groups in total. The number of halogens is 4. The van der Waals surface area contributed by atoms with Gasteiger partial charge in [0.05, 0.1) is 5.56 Å². The Kier molecular flexibility index (Phi) is 3.72. The van der Waals surface area contributed by atoms with E-state index in [2.05, 4.69) is 0 Å². The van der Waals surface area contributed by atoms with Crippen LogP contribution in [0.5, 0.6) is 0 Å². The Bertz CT molecular complexity index is 431. The summed E-state index contributed by atoms with van der Waals surface area (Å²) in [6, 6.07) is 1.24. The molecule has 0 aromatic heterocycles. The SMILES string of the molecule is NC(Cc1cccc(C(F)(F)F)c1F)C(=O)O. The fourth-order valence-corrected chi connectivity index (χ4v) is 1.28. The summed E-state index contributed by atoms with van der Waals surface area (Å²) >= 11 is 0. The lowest BCUT2D eigenvalue weighted by Gasteiger charge is -2.12. The van der Waals surface area contributed by atoms with E-state index in [4.69, 9.17) is 10.8 Å². The molecule has 94 valence electrons. The highest BCUT2D eigenvalue weighted by Crippen LogP contribution is 2.32. The molecule has 0 heterocycles. The molecule has 1 rings (SSSR count). The Labute approximate surface area is 93.8 Å². The first-order chi connectivity index (χ1) is 7.73. The van der Waals surface area contributed by atoms with Crippen LogP contribution in [0.2, 0.25) is 0 Å². The maximum absolute atomic E-state index is 13.4. The van der Waals surface area contributed by atoms with Gasteiger partial charge in [0, 0.05) is 6.42 Å². The Morgan fingerprint density at radius 3 is 2.47 bits per heavy atom. The first-order valence-corrected chi connectivity index (χ1v) is 4.56. The van der Waals surface area contributed by atoms with Crippen molar-refractivity contribution in [1.82, 2.24) is 0 Å². The molecular formula is C10H9F4NO2. The smallest absolute Gasteiger partial charge is 0.419 e. The van der Waals surface area contributed by atoms with Gasteiger partial charge in [-0.05, 0) is 11.6 Å². The van der Waals surface area contributed by atoms with Crippen LogP contribution in [0.3, 0.4) is 0 Å². The number of benzene rings is 1. The maximum atomic E-state index is 13.4. The van der Waals surface area contributed by atoms with Crippen molar-refractivity contribution in [2.24, 2.45) is 5.73 Å². The van der Waals surface area contributed by atoms with Crippen LogP contribution in [-0.2, 0) is 17.4 Å². The van der Waals surface area contributed by atoms with Crippen LogP contribution in [0.1, 0.15) is 11.1 Å². The molecule has 0 spiro atoms. The fraction of sp³-hybridized carbons (Fsp3) is 0.300. The Hall–Kier alpha value is -1.63. The Balaban J connectivity index is 3.07. The van der Waals surface area contributed by atoms with Crippen molar-refractivity contribution in [1.29, 1.82) is 0 Å². The third-order valence-corrected chi connectivity index (χ3v) is 2.14. The van der Waals surface area contributed by atoms with Crippen molar-refractivity contribution in [3.63, 3.8) is 0 Å². The zero-order valence-electron chi connectivity index (χ0n) is 8.46. The second-order valence-electron chi connectivity index (χ2n) is 3.43. The fourth-order valence-electron chi connectivity index (χ4n) is 1.28. The van der Waals surface area contributed by atoms with Crippen LogP contribution >= 0.6 is 0 Å². The normalized spacial score (nSPS) is 13.5. The minimum absolute atomic E-state index is 0.366. The highest BCUT2D eigenvalue weighted by atomic mass is 19.4. The first kappa shape index (κ1) is 13.4. The third kappa shape index (κ3) is 3.16. The summed E-state index contributed by atoms with van der Waals surface area (Å²) in [6.07, 6.45) is -5.31. The number of hydrogen-bond acceptors (Lipinski definition) is 2. The summed E-state index contributed by atoms with van der Waals surface area (Å²) in [4.78, 5) is 10.4. The predicted molar refractivity (Wildman–Crippen MR) is 50.7 cm³/mol. The standard InChI is InChI=1S/C10H9F4NO2/c11-8-5(4-7(15)9(16)17)2-1-3-6(8)10(12,13)14/h1-3,7H,4,15H2,(H,16,17). The summed E-state index contributed by atoms with van der Waals surface area (Å²) in [5, 5.41) is 8.49. The summed E-state index contributed by atoms with van der Waals surface area (Å²) in [6.45, 7) is 0. The van der Waals surface area contributed by atoms with Crippen molar-refractivity contribution in [3.8, 4) is 0 Å². The monoisotopic (exact) mass is 251 g/mol. The topological polar surface area (TPSA) is 63.3 Å². The molecule has 0 saturated carbocycles. The van der Waals surface area contributed by atoms with Gasteiger partial charge in [0.15, 0.2) is 0 Å². The maximum Gasteiger partial charge on any atom is 0.419 e. The van der Waals surface area contributed by atoms with E-state index in [9.17, 15) is 22.4 Å². The van der Waals surface area contributed by atoms with E-state index in [-0.39, 0.29) is 5.56 Å². The second-order valence-corrected chi connectivity index (χ2v) is 3.43. The van der Waals surface area contributed by atoms with Crippen LogP contribution in [0.15, 0.2) is 18.2 Å². The Morgan fingerprint density at radius 2 is 2.00 bits per heavy atom. The summed E-state index contributed by atoms with van der Waals surface area (Å²) in [5.74, 6) is -2.88. The van der Waals surface area contributed by atoms with Crippen molar-refractivity contribution in [3.05, 3.63) is 35.1 Å². The number of alkyl halides is 3. The number of hydrogen-bond donors (Lipinski definition) is 2. The first-order valence-electron chi connectivity index (χ1n) is 4.56. The lowest BCUT2D eigenvalue weighted by atomic mass is 10.0. The van der Waals surface area contributed by atoms with Crippen molar-refractivity contribution < 1.29 is 27.5 Å². The highest BCUT2D eigenvalue weighted by molar-refractivity contribution is 5.73. The molecule has 3 nitrogen and oxygen atoms in total. The molecule has 0 amide bonds. The van der Waals surface area contributed by atoms with Gasteiger partial charge in [0.2, 0.25) is 0 Å². The van der Waals surface area contributed by atoms with Gasteiger partial charge in [-0.3, -0.25) is 4.79 Å². The van der Waals surface area contributed by atoms with Crippen LogP contribution in [0.25, 0.3) is 0 Å². The van der Waals surface area contributed by atoms with Crippen molar-refractivity contribution in [2.45, 2.75) is 18.6 Å². The molecule has 0 radical (unpaired) electrons. The molecule has 1 unspecified atom stereocenters. The summed E-state index contributed by atoms with van der Waals surface area (Å²) < 4.78 is 50.4. The average molecular weight is 251 g/mol. The Morgan fingerprint density at radius 1 is 1.41 bits per heavy atom. The molecule has 0 fully saturated rings. The summed E-state index contributed by atoms with van der Waals surface area (Å²) in [7, 11) is 0. The molecule has 1 atom stereocenters. The number of rotatable bonds is 3. The number of carboxylic acids is 1. The van der Waals surface area contributed by atoms with Crippen LogP contribution < -0.4 is 5.73 Å². The third-order valence-electron chi connectivity index (χ3n) is 2.14. The zero-order valence-corrected chi connectivity index (χ0v) is 8.46. The lowest BCUT2D eigenvalue weighted by Crippen LogP contribution is -2.32. The molecule has 1 aromatic rings. The van der Waals surface area contributed by atoms with Crippen LogP contribution in [-0.4, -0.2) is 17.1 Å². The van der Waals surface area contributed by atoms with E-state index in [0.29, 0.717) is 6.07 Å². The van der Waals surface area contributed by atoms with E-state index in [1.54, 1.807) is 0 Å². The van der Waals surface area contributed by atoms with Gasteiger partial charge in [-0.25, -0.2) is 4.39 Å². The predicted octanol–water partition coefficient (Wildman–Crippen LogP) is 1.80. The highest BCUT2D eigenvalue weighted by Gasteiger charge is 2.35. The van der Waals surface area contributed by atoms with Crippen LogP contribution in [0.4, 0.5) is 17.6 Å². The van der Waals surface area contributed by atoms with E-state index in [0.717, 1.165) is 12.1 Å². The number of aliphatic carboxylic acids is 1. The van der Waals surface area contributed by atoms with Gasteiger partial charge in [-0.1, -0.05) is 12.1 Å². The molecule has 0 aliphatic heterocycles. The molecule has 0 aliphatic rings. The van der Waals surface area contributed by atoms with Crippen molar-refractivity contribution in [2.75, 3.05) is 0 Å². The van der Waals surface area contributed by atoms with E-state index in [1.165, 1.54) is 0 Å². The molecule has 7 heteroatoms. The van der Waals surface area contributed by atoms with Crippen LogP contribution in [0, 0.1) is 5.82 Å². The number of carboxylic acid groups (broad SMARTS) is 1. The van der Waals surface area contributed by atoms with E-state index < -0.39 is 36.0 Å². The largest absolute Gasteiger partial charge is 0.480 e. The molecule has 0 bridgehead atoms. The molecule has 17 heavy (non-hydrogen) atoms. The molecular weight excluding hydrogens is 242 g/mol. The quantitative estimate of drug-likeness (QED) is 0.805. The van der Waals surface area contributed by atoms with Gasteiger partial charge in [-0.15, -0.1) is 0 Å². The van der Waals surface area contributed by atoms with E-state index in [1.807, 2.05) is 0 Å². The van der Waals surface area contributed by atoms with Crippen molar-refractivity contribution >= 4 is 5.97 Å². The minimum Gasteiger partial charge on any atom is -0.480 e. The van der Waals surface area contributed by atoms with Gasteiger partial charge in [-0.2, -0.15) is 13.2 Å². The van der Waals surface area contributed by atoms with Gasteiger partial charge < -0.3 is 10.8 Å². The summed E-state index contributed by atoms with van der Waals surface area (Å²) in [5.41, 5.74) is 3.34. The van der Waals surface area contributed by atoms with Gasteiger partial charge >= 0.3 is 12.1 Å². The average Bonchev–Trinajstić information content (AvgIpc) is 2.19. The minimum atomic E-state index is -4.81. The second kappa shape index (κ2) is 4.70. The van der Waals surface area contributed by atoms with Gasteiger partial charge in [0.25, 0.3) is 0 Å². The molecule has 0 aliphatic carbocycles. The molecule has 0 saturated heterocycles. The zero-order chi connectivity index (χ0) is 13.2. The lowest BCUT2D eigenvalue weighted by molar-refractivity contribution is -0.140.